The summed E-state index contributed by atoms with van der Waals surface area (Å²) in [5, 5.41) is 8.88. The minimum absolute atomic E-state index is 0. The molecule has 6 heteroatoms. The van der Waals surface area contributed by atoms with Crippen LogP contribution in [0.5, 0.6) is 0 Å². The number of halogens is 1. The van der Waals surface area contributed by atoms with Gasteiger partial charge in [-0.15, -0.1) is 12.4 Å². The third-order valence-corrected chi connectivity index (χ3v) is 3.30. The molecule has 2 fully saturated rings. The molecule has 3 N–H and O–H groups in total. The summed E-state index contributed by atoms with van der Waals surface area (Å²) in [4.78, 5) is 23.0. The number of carbonyl (C=O) groups excluding carboxylic acids is 2. The van der Waals surface area contributed by atoms with Crippen LogP contribution in [-0.2, 0) is 9.59 Å². The van der Waals surface area contributed by atoms with Gasteiger partial charge in [-0.25, -0.2) is 0 Å². The maximum atomic E-state index is 11.7. The Morgan fingerprint density at radius 3 is 2.22 bits per heavy atom. The Balaban J connectivity index is 0.00000162. The van der Waals surface area contributed by atoms with Crippen LogP contribution in [0.2, 0.25) is 0 Å². The van der Waals surface area contributed by atoms with Crippen molar-refractivity contribution in [1.82, 2.24) is 16.0 Å². The highest BCUT2D eigenvalue weighted by Crippen LogP contribution is 2.28. The van der Waals surface area contributed by atoms with Crippen LogP contribution in [0.3, 0.4) is 0 Å². The predicted octanol–water partition coefficient (Wildman–Crippen LogP) is 0.193. The molecule has 0 radical (unpaired) electrons. The smallest absolute Gasteiger partial charge is 0.237 e. The van der Waals surface area contributed by atoms with Crippen molar-refractivity contribution in [3.8, 4) is 0 Å². The van der Waals surface area contributed by atoms with E-state index in [1.54, 1.807) is 0 Å². The van der Waals surface area contributed by atoms with Crippen molar-refractivity contribution in [2.75, 3.05) is 19.6 Å². The lowest BCUT2D eigenvalue weighted by atomic mass is 10.0. The van der Waals surface area contributed by atoms with Crippen LogP contribution in [0.25, 0.3) is 0 Å². The Morgan fingerprint density at radius 2 is 1.67 bits per heavy atom. The van der Waals surface area contributed by atoms with Crippen molar-refractivity contribution in [2.45, 2.75) is 38.1 Å². The maximum Gasteiger partial charge on any atom is 0.237 e. The highest BCUT2D eigenvalue weighted by atomic mass is 35.5. The van der Waals surface area contributed by atoms with Gasteiger partial charge in [0.05, 0.1) is 6.04 Å². The number of hydrogen-bond donors (Lipinski definition) is 3. The second kappa shape index (κ2) is 7.59. The summed E-state index contributed by atoms with van der Waals surface area (Å²) in [5.41, 5.74) is 0. The lowest BCUT2D eigenvalue weighted by Crippen LogP contribution is -2.48. The summed E-state index contributed by atoms with van der Waals surface area (Å²) in [7, 11) is 0. The van der Waals surface area contributed by atoms with E-state index in [0.29, 0.717) is 13.1 Å². The van der Waals surface area contributed by atoms with Gasteiger partial charge in [0.1, 0.15) is 0 Å². The van der Waals surface area contributed by atoms with Crippen LogP contribution >= 0.6 is 12.4 Å². The zero-order valence-electron chi connectivity index (χ0n) is 10.5. The first kappa shape index (κ1) is 15.2. The van der Waals surface area contributed by atoms with Crippen molar-refractivity contribution in [1.29, 1.82) is 0 Å². The highest BCUT2D eigenvalue weighted by molar-refractivity contribution is 5.85. The number of carbonyl (C=O) groups is 2. The van der Waals surface area contributed by atoms with Crippen molar-refractivity contribution in [3.63, 3.8) is 0 Å². The average Bonchev–Trinajstić information content (AvgIpc) is 3.19. The van der Waals surface area contributed by atoms with E-state index in [9.17, 15) is 9.59 Å². The number of rotatable bonds is 5. The van der Waals surface area contributed by atoms with Crippen LogP contribution in [-0.4, -0.2) is 37.5 Å². The molecule has 2 aliphatic rings. The molecule has 1 saturated heterocycles. The summed E-state index contributed by atoms with van der Waals surface area (Å²) in [6.45, 7) is 1.99. The number of piperidine rings is 1. The number of hydrogen-bond acceptors (Lipinski definition) is 3. The van der Waals surface area contributed by atoms with E-state index in [2.05, 4.69) is 16.0 Å². The average molecular weight is 276 g/mol. The highest BCUT2D eigenvalue weighted by Gasteiger charge is 2.29. The molecule has 1 aliphatic heterocycles. The molecule has 0 unspecified atom stereocenters. The fraction of sp³-hybridized carbons (Fsp3) is 0.833. The first-order valence-electron chi connectivity index (χ1n) is 6.56. The van der Waals surface area contributed by atoms with Crippen LogP contribution in [0, 0.1) is 5.92 Å². The van der Waals surface area contributed by atoms with Gasteiger partial charge in [-0.2, -0.15) is 0 Å². The molecule has 2 rings (SSSR count). The molecule has 104 valence electrons. The molecule has 0 spiro atoms. The first-order chi connectivity index (χ1) is 8.27. The van der Waals surface area contributed by atoms with E-state index in [4.69, 9.17) is 0 Å². The van der Waals surface area contributed by atoms with E-state index in [1.165, 1.54) is 0 Å². The van der Waals surface area contributed by atoms with Gasteiger partial charge in [-0.3, -0.25) is 9.59 Å². The molecule has 0 aromatic rings. The Hall–Kier alpha value is -0.810. The molecule has 0 aromatic carbocycles. The fourth-order valence-corrected chi connectivity index (χ4v) is 2.06. The normalized spacial score (nSPS) is 22.8. The number of nitrogens with one attached hydrogen (secondary N) is 3. The summed E-state index contributed by atoms with van der Waals surface area (Å²) in [6.07, 6.45) is 5.22. The molecule has 1 aliphatic carbocycles. The standard InChI is InChI=1S/C12H21N3O2.ClH/c16-11(9-4-5-9)14-7-8-15-12(17)10-3-1-2-6-13-10;/h9-10,13H,1-8H2,(H,14,16)(H,15,17);1H/t10-;/m1./s1. The lowest BCUT2D eigenvalue weighted by molar-refractivity contribution is -0.124. The molecular weight excluding hydrogens is 254 g/mol. The Morgan fingerprint density at radius 1 is 1.00 bits per heavy atom. The van der Waals surface area contributed by atoms with Gasteiger partial charge in [0.2, 0.25) is 11.8 Å². The van der Waals surface area contributed by atoms with Gasteiger partial charge >= 0.3 is 0 Å². The van der Waals surface area contributed by atoms with Gasteiger partial charge in [0, 0.05) is 19.0 Å². The van der Waals surface area contributed by atoms with E-state index in [1.807, 2.05) is 0 Å². The Kier molecular flexibility index (Phi) is 6.43. The molecule has 0 bridgehead atoms. The quantitative estimate of drug-likeness (QED) is 0.628. The molecule has 1 heterocycles. The van der Waals surface area contributed by atoms with Gasteiger partial charge in [0.25, 0.3) is 0 Å². The summed E-state index contributed by atoms with van der Waals surface area (Å²) >= 11 is 0. The second-order valence-corrected chi connectivity index (χ2v) is 4.86. The Labute approximate surface area is 114 Å². The molecule has 1 saturated carbocycles. The van der Waals surface area contributed by atoms with Gasteiger partial charge < -0.3 is 16.0 Å². The lowest BCUT2D eigenvalue weighted by Gasteiger charge is -2.22. The number of amides is 2. The third kappa shape index (κ3) is 4.82. The zero-order chi connectivity index (χ0) is 12.1. The topological polar surface area (TPSA) is 70.2 Å². The Bertz CT molecular complexity index is 289. The zero-order valence-corrected chi connectivity index (χ0v) is 11.4. The summed E-state index contributed by atoms with van der Waals surface area (Å²) < 4.78 is 0. The second-order valence-electron chi connectivity index (χ2n) is 4.86. The van der Waals surface area contributed by atoms with Gasteiger partial charge in [0.15, 0.2) is 0 Å². The molecular formula is C12H22ClN3O2. The minimum atomic E-state index is -0.0390. The fourth-order valence-electron chi connectivity index (χ4n) is 2.06. The van der Waals surface area contributed by atoms with Crippen molar-refractivity contribution in [2.24, 2.45) is 5.92 Å². The van der Waals surface area contributed by atoms with Crippen LogP contribution in [0.15, 0.2) is 0 Å². The third-order valence-electron chi connectivity index (χ3n) is 3.30. The van der Waals surface area contributed by atoms with Crippen molar-refractivity contribution in [3.05, 3.63) is 0 Å². The van der Waals surface area contributed by atoms with Gasteiger partial charge in [-0.1, -0.05) is 6.42 Å². The molecule has 18 heavy (non-hydrogen) atoms. The molecule has 0 aromatic heterocycles. The summed E-state index contributed by atoms with van der Waals surface area (Å²) in [6, 6.07) is -0.0390. The van der Waals surface area contributed by atoms with Gasteiger partial charge in [-0.05, 0) is 32.2 Å². The van der Waals surface area contributed by atoms with Crippen molar-refractivity contribution < 1.29 is 9.59 Å². The molecule has 5 nitrogen and oxygen atoms in total. The minimum Gasteiger partial charge on any atom is -0.354 e. The summed E-state index contributed by atoms with van der Waals surface area (Å²) in [5.74, 6) is 0.436. The van der Waals surface area contributed by atoms with E-state index in [0.717, 1.165) is 38.6 Å². The van der Waals surface area contributed by atoms with E-state index in [-0.39, 0.29) is 36.2 Å². The van der Waals surface area contributed by atoms with E-state index < -0.39 is 0 Å². The maximum absolute atomic E-state index is 11.7. The molecule has 2 amide bonds. The van der Waals surface area contributed by atoms with Crippen LogP contribution in [0.4, 0.5) is 0 Å². The van der Waals surface area contributed by atoms with Crippen LogP contribution in [0.1, 0.15) is 32.1 Å². The van der Waals surface area contributed by atoms with Crippen molar-refractivity contribution >= 4 is 24.2 Å². The van der Waals surface area contributed by atoms with Crippen LogP contribution < -0.4 is 16.0 Å². The SMILES string of the molecule is Cl.O=C(NCCNC(=O)[C@H]1CCCCN1)C1CC1. The van der Waals surface area contributed by atoms with E-state index >= 15 is 0 Å². The predicted molar refractivity (Wildman–Crippen MR) is 71.6 cm³/mol. The monoisotopic (exact) mass is 275 g/mol. The molecule has 1 atom stereocenters. The largest absolute Gasteiger partial charge is 0.354 e. The first-order valence-corrected chi connectivity index (χ1v) is 6.56.